The minimum Gasteiger partial charge on any atom is -0.450 e. The van der Waals surface area contributed by atoms with Gasteiger partial charge in [-0.2, -0.15) is 18.4 Å². The third-order valence-electron chi connectivity index (χ3n) is 2.55. The molecule has 1 aromatic carbocycles. The fourth-order valence-corrected chi connectivity index (χ4v) is 2.31. The highest BCUT2D eigenvalue weighted by Gasteiger charge is 2.37. The zero-order valence-corrected chi connectivity index (χ0v) is 13.0. The summed E-state index contributed by atoms with van der Waals surface area (Å²) in [5.74, 6) is -4.45. The highest BCUT2D eigenvalue weighted by Crippen LogP contribution is 2.39. The number of nitriles is 1. The second kappa shape index (κ2) is 6.15. The first-order valence-corrected chi connectivity index (χ1v) is 6.81. The normalized spacial score (nSPS) is 11.2. The first-order valence-electron chi connectivity index (χ1n) is 5.73. The smallest absolute Gasteiger partial charge is 0.434 e. The van der Waals surface area contributed by atoms with Crippen molar-refractivity contribution in [1.29, 1.82) is 5.26 Å². The number of anilines is 1. The number of ether oxygens (including phenoxy) is 1. The number of halogens is 6. The number of nitrogens with two attached hydrogens (primary N) is 1. The van der Waals surface area contributed by atoms with Crippen LogP contribution in [0.3, 0.4) is 0 Å². The summed E-state index contributed by atoms with van der Waals surface area (Å²) >= 11 is 1.29. The van der Waals surface area contributed by atoms with Gasteiger partial charge in [0, 0.05) is 6.07 Å². The van der Waals surface area contributed by atoms with E-state index in [4.69, 9.17) is 15.7 Å². The van der Waals surface area contributed by atoms with Crippen molar-refractivity contribution >= 4 is 28.4 Å². The summed E-state index contributed by atoms with van der Waals surface area (Å²) in [7, 11) is 0. The van der Waals surface area contributed by atoms with Gasteiger partial charge in [0.1, 0.15) is 11.6 Å². The quantitative estimate of drug-likeness (QED) is 0.560. The fourth-order valence-electron chi connectivity index (χ4n) is 1.62. The van der Waals surface area contributed by atoms with E-state index >= 15 is 0 Å². The molecule has 0 aliphatic carbocycles. The maximum Gasteiger partial charge on any atom is 0.434 e. The topological polar surface area (TPSA) is 71.9 Å². The van der Waals surface area contributed by atoms with E-state index in [0.29, 0.717) is 12.1 Å². The summed E-state index contributed by atoms with van der Waals surface area (Å²) in [6.07, 6.45) is -4.81. The van der Waals surface area contributed by atoms with Gasteiger partial charge in [0.05, 0.1) is 15.2 Å². The molecule has 23 heavy (non-hydrogen) atoms. The Bertz CT molecular complexity index is 793. The molecule has 0 unspecified atom stereocenters. The van der Waals surface area contributed by atoms with Crippen LogP contribution in [0.2, 0.25) is 0 Å². The van der Waals surface area contributed by atoms with Crippen molar-refractivity contribution in [3.8, 4) is 17.6 Å². The monoisotopic (exact) mass is 441 g/mol. The molecular formula is C13H5F5IN3O. The number of rotatable bonds is 2. The molecule has 0 amide bonds. The molecule has 10 heteroatoms. The van der Waals surface area contributed by atoms with Crippen LogP contribution in [0.5, 0.6) is 11.5 Å². The molecule has 0 fully saturated rings. The number of hydrogen-bond donors (Lipinski definition) is 1. The average molecular weight is 441 g/mol. The van der Waals surface area contributed by atoms with E-state index in [0.717, 1.165) is 6.07 Å². The number of nitrogens with zero attached hydrogens (tertiary/aromatic N) is 2. The summed E-state index contributed by atoms with van der Waals surface area (Å²) in [6, 6.07) is 3.83. The molecule has 0 bridgehead atoms. The minimum atomic E-state index is -4.81. The van der Waals surface area contributed by atoms with Crippen LogP contribution in [0.1, 0.15) is 11.3 Å². The molecule has 0 atom stereocenters. The highest BCUT2D eigenvalue weighted by molar-refractivity contribution is 14.1. The first-order chi connectivity index (χ1) is 10.6. The molecule has 0 saturated heterocycles. The Morgan fingerprint density at radius 1 is 1.17 bits per heavy atom. The van der Waals surface area contributed by atoms with Crippen LogP contribution >= 0.6 is 22.6 Å². The zero-order valence-electron chi connectivity index (χ0n) is 10.9. The van der Waals surface area contributed by atoms with Crippen LogP contribution in [0.15, 0.2) is 18.2 Å². The molecule has 1 aromatic heterocycles. The minimum absolute atomic E-state index is 0.299. The Morgan fingerprint density at radius 3 is 2.22 bits per heavy atom. The zero-order chi connectivity index (χ0) is 17.4. The van der Waals surface area contributed by atoms with E-state index in [1.807, 2.05) is 0 Å². The lowest BCUT2D eigenvalue weighted by Gasteiger charge is -2.14. The molecule has 4 nitrogen and oxygen atoms in total. The molecule has 120 valence electrons. The lowest BCUT2D eigenvalue weighted by atomic mass is 10.2. The maximum absolute atomic E-state index is 13.8. The maximum atomic E-state index is 13.8. The summed E-state index contributed by atoms with van der Waals surface area (Å²) in [5.41, 5.74) is 3.65. The number of benzene rings is 1. The van der Waals surface area contributed by atoms with Crippen LogP contribution in [0, 0.1) is 26.5 Å². The predicted octanol–water partition coefficient (Wildman–Crippen LogP) is 4.23. The van der Waals surface area contributed by atoms with Gasteiger partial charge in [0.25, 0.3) is 0 Å². The third kappa shape index (κ3) is 3.61. The average Bonchev–Trinajstić information content (AvgIpc) is 2.44. The second-order valence-corrected chi connectivity index (χ2v) is 5.27. The Kier molecular flexibility index (Phi) is 4.60. The molecule has 0 radical (unpaired) electrons. The number of alkyl halides is 3. The largest absolute Gasteiger partial charge is 0.450 e. The molecule has 0 aliphatic rings. The van der Waals surface area contributed by atoms with E-state index in [9.17, 15) is 22.0 Å². The van der Waals surface area contributed by atoms with Gasteiger partial charge in [-0.25, -0.2) is 13.8 Å². The summed E-state index contributed by atoms with van der Waals surface area (Å²) in [5, 5.41) is 8.60. The van der Waals surface area contributed by atoms with Crippen LogP contribution in [0.25, 0.3) is 0 Å². The Labute approximate surface area is 139 Å². The van der Waals surface area contributed by atoms with Gasteiger partial charge in [-0.3, -0.25) is 0 Å². The van der Waals surface area contributed by atoms with Gasteiger partial charge < -0.3 is 10.5 Å². The highest BCUT2D eigenvalue weighted by atomic mass is 127. The van der Waals surface area contributed by atoms with Gasteiger partial charge in [-0.1, -0.05) is 0 Å². The van der Waals surface area contributed by atoms with Crippen molar-refractivity contribution in [2.75, 3.05) is 5.73 Å². The van der Waals surface area contributed by atoms with Gasteiger partial charge in [-0.05, 0) is 34.7 Å². The Morgan fingerprint density at radius 2 is 1.74 bits per heavy atom. The fraction of sp³-hybridized carbons (Fsp3) is 0.0769. The SMILES string of the molecule is N#Cc1cc(F)c(Oc2cc(N)nc(C(F)(F)F)c2I)c(F)c1. The molecular weight excluding hydrogens is 436 g/mol. The Balaban J connectivity index is 2.54. The number of nitrogen functional groups attached to an aromatic ring is 1. The van der Waals surface area contributed by atoms with E-state index in [2.05, 4.69) is 4.98 Å². The van der Waals surface area contributed by atoms with Gasteiger partial charge in [0.2, 0.25) is 0 Å². The van der Waals surface area contributed by atoms with Crippen molar-refractivity contribution in [2.24, 2.45) is 0 Å². The van der Waals surface area contributed by atoms with Gasteiger partial charge in [0.15, 0.2) is 23.1 Å². The lowest BCUT2D eigenvalue weighted by molar-refractivity contribution is -0.141. The van der Waals surface area contributed by atoms with Crippen molar-refractivity contribution in [3.63, 3.8) is 0 Å². The molecule has 0 aliphatic heterocycles. The molecule has 0 saturated carbocycles. The van der Waals surface area contributed by atoms with Crippen molar-refractivity contribution in [1.82, 2.24) is 4.98 Å². The third-order valence-corrected chi connectivity index (χ3v) is 3.59. The Hall–Kier alpha value is -2.16. The van der Waals surface area contributed by atoms with Crippen molar-refractivity contribution in [2.45, 2.75) is 6.18 Å². The van der Waals surface area contributed by atoms with Crippen LogP contribution in [-0.4, -0.2) is 4.98 Å². The molecule has 0 spiro atoms. The first kappa shape index (κ1) is 17.2. The van der Waals surface area contributed by atoms with Crippen molar-refractivity contribution < 1.29 is 26.7 Å². The standard InChI is InChI=1S/C13H5F5IN3O/c14-6-1-5(4-20)2-7(15)11(6)23-8-3-9(21)22-12(10(8)19)13(16,17)18/h1-3H,(H2,21,22). The van der Waals surface area contributed by atoms with Crippen molar-refractivity contribution in [3.05, 3.63) is 44.7 Å². The van der Waals surface area contributed by atoms with Crippen LogP contribution < -0.4 is 10.5 Å². The molecule has 2 N–H and O–H groups in total. The molecule has 2 rings (SSSR count). The number of hydrogen-bond acceptors (Lipinski definition) is 4. The summed E-state index contributed by atoms with van der Waals surface area (Å²) < 4.78 is 70.4. The summed E-state index contributed by atoms with van der Waals surface area (Å²) in [6.45, 7) is 0. The van der Waals surface area contributed by atoms with Gasteiger partial charge in [-0.15, -0.1) is 0 Å². The second-order valence-electron chi connectivity index (χ2n) is 4.19. The van der Waals surface area contributed by atoms with Crippen LogP contribution in [-0.2, 0) is 6.18 Å². The van der Waals surface area contributed by atoms with Crippen LogP contribution in [0.4, 0.5) is 27.8 Å². The predicted molar refractivity (Wildman–Crippen MR) is 77.5 cm³/mol. The van der Waals surface area contributed by atoms with Gasteiger partial charge >= 0.3 is 6.18 Å². The summed E-state index contributed by atoms with van der Waals surface area (Å²) in [4.78, 5) is 3.15. The van der Waals surface area contributed by atoms with E-state index in [1.165, 1.54) is 28.7 Å². The lowest BCUT2D eigenvalue weighted by Crippen LogP contribution is -2.13. The number of pyridine rings is 1. The molecule has 2 aromatic rings. The number of aromatic nitrogens is 1. The van der Waals surface area contributed by atoms with E-state index in [1.54, 1.807) is 0 Å². The van der Waals surface area contributed by atoms with E-state index in [-0.39, 0.29) is 5.56 Å². The molecule has 1 heterocycles. The van der Waals surface area contributed by atoms with E-state index < -0.39 is 44.4 Å².